The molecule has 9 nitrogen and oxygen atoms in total. The van der Waals surface area contributed by atoms with Gasteiger partial charge in [-0.2, -0.15) is 0 Å². The number of ether oxygens (including phenoxy) is 4. The van der Waals surface area contributed by atoms with Gasteiger partial charge in [-0.15, -0.1) is 12.4 Å². The van der Waals surface area contributed by atoms with Crippen LogP contribution in [-0.2, 0) is 26.1 Å². The molecular formula is C22H32ClF2N3O6. The van der Waals surface area contributed by atoms with E-state index >= 15 is 0 Å². The van der Waals surface area contributed by atoms with E-state index in [0.29, 0.717) is 68.4 Å². The Hall–Kier alpha value is -2.02. The van der Waals surface area contributed by atoms with E-state index in [1.165, 1.54) is 0 Å². The normalized spacial score (nSPS) is 16.0. The molecular weight excluding hydrogens is 476 g/mol. The lowest BCUT2D eigenvalue weighted by Crippen LogP contribution is -2.45. The van der Waals surface area contributed by atoms with Crippen molar-refractivity contribution in [1.82, 2.24) is 14.8 Å². The first-order chi connectivity index (χ1) is 16.1. The lowest BCUT2D eigenvalue weighted by molar-refractivity contribution is -0.121. The standard InChI is InChI=1S/C22H31F2N3O6.ClH/c1-26-19-13-18(24)17(23)12-16(19)22(21(26)20-14-25-2-3-27(20)15-29)33-11-10-32-9-8-31-7-6-30-5-4-28;/h12-13,15,20,25,28H,2-11,14H2,1H3;1H. The van der Waals surface area contributed by atoms with E-state index in [1.54, 1.807) is 16.5 Å². The number of aliphatic hydroxyl groups is 1. The lowest BCUT2D eigenvalue weighted by Gasteiger charge is -2.34. The van der Waals surface area contributed by atoms with E-state index in [4.69, 9.17) is 24.1 Å². The Morgan fingerprint density at radius 3 is 2.32 bits per heavy atom. The molecule has 1 aliphatic rings. The topological polar surface area (TPSA) is 94.4 Å². The van der Waals surface area contributed by atoms with Crippen LogP contribution in [0, 0.1) is 11.6 Å². The Balaban J connectivity index is 0.00000408. The number of piperazine rings is 1. The van der Waals surface area contributed by atoms with Crippen molar-refractivity contribution in [3.05, 3.63) is 29.5 Å². The van der Waals surface area contributed by atoms with Crippen molar-refractivity contribution < 1.29 is 37.6 Å². The highest BCUT2D eigenvalue weighted by atomic mass is 35.5. The fourth-order valence-electron chi connectivity index (χ4n) is 3.85. The number of aryl methyl sites for hydroxylation is 1. The molecule has 0 bridgehead atoms. The van der Waals surface area contributed by atoms with Crippen molar-refractivity contribution in [2.45, 2.75) is 6.04 Å². The minimum atomic E-state index is -0.963. The van der Waals surface area contributed by atoms with E-state index in [9.17, 15) is 13.6 Å². The number of hydrogen-bond acceptors (Lipinski definition) is 7. The number of halogens is 3. The maximum absolute atomic E-state index is 14.0. The number of carbonyl (C=O) groups is 1. The van der Waals surface area contributed by atoms with Crippen molar-refractivity contribution in [3.8, 4) is 5.75 Å². The molecule has 0 spiro atoms. The first-order valence-electron chi connectivity index (χ1n) is 10.9. The molecule has 0 aliphatic carbocycles. The molecule has 1 unspecified atom stereocenters. The molecule has 2 N–H and O–H groups in total. The molecule has 34 heavy (non-hydrogen) atoms. The number of hydrogen-bond donors (Lipinski definition) is 2. The molecule has 0 radical (unpaired) electrons. The van der Waals surface area contributed by atoms with E-state index in [2.05, 4.69) is 5.32 Å². The molecule has 192 valence electrons. The molecule has 1 atom stereocenters. The van der Waals surface area contributed by atoms with Crippen LogP contribution < -0.4 is 10.1 Å². The number of nitrogens with one attached hydrogen (secondary N) is 1. The van der Waals surface area contributed by atoms with Gasteiger partial charge in [0.1, 0.15) is 12.4 Å². The third kappa shape index (κ3) is 7.00. The highest BCUT2D eigenvalue weighted by Crippen LogP contribution is 2.39. The van der Waals surface area contributed by atoms with Crippen LogP contribution in [0.4, 0.5) is 8.78 Å². The van der Waals surface area contributed by atoms with Gasteiger partial charge in [0.25, 0.3) is 0 Å². The zero-order valence-corrected chi connectivity index (χ0v) is 20.0. The van der Waals surface area contributed by atoms with Gasteiger partial charge in [-0.05, 0) is 6.07 Å². The second-order valence-corrected chi connectivity index (χ2v) is 7.53. The van der Waals surface area contributed by atoms with E-state index in [1.807, 2.05) is 0 Å². The van der Waals surface area contributed by atoms with Crippen LogP contribution in [0.5, 0.6) is 5.75 Å². The minimum Gasteiger partial charge on any atom is -0.489 e. The van der Waals surface area contributed by atoms with Crippen LogP contribution in [0.15, 0.2) is 12.1 Å². The first-order valence-corrected chi connectivity index (χ1v) is 10.9. The quantitative estimate of drug-likeness (QED) is 0.295. The zero-order chi connectivity index (χ0) is 23.6. The van der Waals surface area contributed by atoms with Crippen LogP contribution in [-0.4, -0.2) is 93.5 Å². The summed E-state index contributed by atoms with van der Waals surface area (Å²) in [6.07, 6.45) is 0.784. The average molecular weight is 508 g/mol. The van der Waals surface area contributed by atoms with Crippen molar-refractivity contribution in [3.63, 3.8) is 0 Å². The number of aromatic nitrogens is 1. The van der Waals surface area contributed by atoms with Crippen LogP contribution in [0.2, 0.25) is 0 Å². The Kier molecular flexibility index (Phi) is 11.9. The predicted octanol–water partition coefficient (Wildman–Crippen LogP) is 1.40. The second-order valence-electron chi connectivity index (χ2n) is 7.53. The number of nitrogens with zero attached hydrogens (tertiary/aromatic N) is 2. The monoisotopic (exact) mass is 507 g/mol. The Labute approximate surface area is 203 Å². The van der Waals surface area contributed by atoms with Gasteiger partial charge in [0.05, 0.1) is 63.5 Å². The molecule has 1 amide bonds. The van der Waals surface area contributed by atoms with Gasteiger partial charge >= 0.3 is 0 Å². The average Bonchev–Trinajstić information content (AvgIpc) is 3.08. The largest absolute Gasteiger partial charge is 0.489 e. The zero-order valence-electron chi connectivity index (χ0n) is 19.1. The highest BCUT2D eigenvalue weighted by molar-refractivity contribution is 5.89. The summed E-state index contributed by atoms with van der Waals surface area (Å²) >= 11 is 0. The number of aliphatic hydroxyl groups excluding tert-OH is 1. The van der Waals surface area contributed by atoms with Crippen LogP contribution in [0.1, 0.15) is 11.7 Å². The van der Waals surface area contributed by atoms with Gasteiger partial charge < -0.3 is 38.8 Å². The van der Waals surface area contributed by atoms with Gasteiger partial charge in [0, 0.05) is 38.1 Å². The molecule has 2 aromatic rings. The van der Waals surface area contributed by atoms with Gasteiger partial charge in [-0.1, -0.05) is 0 Å². The number of rotatable bonds is 14. The fraction of sp³-hybridized carbons (Fsp3) is 0.591. The number of carbonyl (C=O) groups excluding carboxylic acids is 1. The van der Waals surface area contributed by atoms with Gasteiger partial charge in [0.2, 0.25) is 6.41 Å². The van der Waals surface area contributed by atoms with Gasteiger partial charge in [-0.3, -0.25) is 4.79 Å². The molecule has 1 aromatic heterocycles. The maximum atomic E-state index is 14.0. The van der Waals surface area contributed by atoms with Crippen molar-refractivity contribution in [2.75, 3.05) is 72.5 Å². The fourth-order valence-corrected chi connectivity index (χ4v) is 3.85. The van der Waals surface area contributed by atoms with E-state index in [-0.39, 0.29) is 44.9 Å². The molecule has 1 fully saturated rings. The number of fused-ring (bicyclic) bond motifs is 1. The summed E-state index contributed by atoms with van der Waals surface area (Å²) in [4.78, 5) is 13.3. The van der Waals surface area contributed by atoms with Crippen molar-refractivity contribution >= 4 is 29.7 Å². The molecule has 1 aliphatic heterocycles. The summed E-state index contributed by atoms with van der Waals surface area (Å²) < 4.78 is 51.7. The molecule has 0 saturated carbocycles. The number of amides is 1. The summed E-state index contributed by atoms with van der Waals surface area (Å²) in [6.45, 7) is 3.96. The SMILES string of the molecule is Cl.Cn1c(C2CNCCN2C=O)c(OCCOCCOCCOCCO)c2cc(F)c(F)cc21. The molecule has 2 heterocycles. The summed E-state index contributed by atoms with van der Waals surface area (Å²) in [5.74, 6) is -1.50. The minimum absolute atomic E-state index is 0. The smallest absolute Gasteiger partial charge is 0.210 e. The summed E-state index contributed by atoms with van der Waals surface area (Å²) in [7, 11) is 1.75. The Morgan fingerprint density at radius 1 is 1.06 bits per heavy atom. The summed E-state index contributed by atoms with van der Waals surface area (Å²) in [6, 6.07) is 1.93. The molecule has 1 aromatic carbocycles. The van der Waals surface area contributed by atoms with Crippen molar-refractivity contribution in [2.24, 2.45) is 7.05 Å². The van der Waals surface area contributed by atoms with Crippen LogP contribution in [0.3, 0.4) is 0 Å². The molecule has 12 heteroatoms. The number of benzene rings is 1. The maximum Gasteiger partial charge on any atom is 0.210 e. The second kappa shape index (κ2) is 14.4. The first kappa shape index (κ1) is 28.2. The predicted molar refractivity (Wildman–Crippen MR) is 124 cm³/mol. The summed E-state index contributed by atoms with van der Waals surface area (Å²) in [5, 5.41) is 12.3. The van der Waals surface area contributed by atoms with E-state index in [0.717, 1.165) is 18.5 Å². The Morgan fingerprint density at radius 2 is 1.68 bits per heavy atom. The molecule has 1 saturated heterocycles. The lowest BCUT2D eigenvalue weighted by atomic mass is 10.1. The van der Waals surface area contributed by atoms with E-state index < -0.39 is 11.6 Å². The Bertz CT molecular complexity index is 917. The highest BCUT2D eigenvalue weighted by Gasteiger charge is 2.31. The van der Waals surface area contributed by atoms with Crippen LogP contribution in [0.25, 0.3) is 10.9 Å². The summed E-state index contributed by atoms with van der Waals surface area (Å²) in [5.41, 5.74) is 1.15. The van der Waals surface area contributed by atoms with Gasteiger partial charge in [-0.25, -0.2) is 8.78 Å². The van der Waals surface area contributed by atoms with Gasteiger partial charge in [0.15, 0.2) is 11.6 Å². The third-order valence-corrected chi connectivity index (χ3v) is 5.43. The van der Waals surface area contributed by atoms with Crippen LogP contribution >= 0.6 is 12.4 Å². The molecule has 3 rings (SSSR count). The third-order valence-electron chi connectivity index (χ3n) is 5.43. The van der Waals surface area contributed by atoms with Crippen molar-refractivity contribution in [1.29, 1.82) is 0 Å².